The molecule has 2 aliphatic heterocycles. The van der Waals surface area contributed by atoms with Gasteiger partial charge in [0, 0.05) is 31.7 Å². The van der Waals surface area contributed by atoms with Crippen LogP contribution in [0.2, 0.25) is 0 Å². The van der Waals surface area contributed by atoms with Crippen molar-refractivity contribution < 1.29 is 9.90 Å². The summed E-state index contributed by atoms with van der Waals surface area (Å²) in [5, 5.41) is 13.3. The van der Waals surface area contributed by atoms with Gasteiger partial charge in [-0.2, -0.15) is 5.10 Å². The number of carboxylic acids is 1. The smallest absolute Gasteiger partial charge is 0.339 e. The van der Waals surface area contributed by atoms with Crippen LogP contribution in [0.15, 0.2) is 6.20 Å². The van der Waals surface area contributed by atoms with Gasteiger partial charge in [0.05, 0.1) is 11.9 Å². The maximum Gasteiger partial charge on any atom is 0.339 e. The SMILES string of the molecule is Cn1ncc(C(=O)O)c1CN1C2CCC1CC(N)C2. The Balaban J connectivity index is 1.83. The summed E-state index contributed by atoms with van der Waals surface area (Å²) < 4.78 is 1.68. The molecule has 0 aromatic carbocycles. The Bertz CT molecular complexity index is 485. The number of aryl methyl sites for hydroxylation is 1. The van der Waals surface area contributed by atoms with Crippen LogP contribution in [0.1, 0.15) is 41.7 Å². The Labute approximate surface area is 112 Å². The lowest BCUT2D eigenvalue weighted by atomic mass is 9.98. The van der Waals surface area contributed by atoms with Gasteiger partial charge in [-0.25, -0.2) is 4.79 Å². The summed E-state index contributed by atoms with van der Waals surface area (Å²) in [6.45, 7) is 0.667. The second kappa shape index (κ2) is 4.61. The predicted molar refractivity (Wildman–Crippen MR) is 69.7 cm³/mol. The average molecular weight is 264 g/mol. The van der Waals surface area contributed by atoms with Crippen molar-refractivity contribution in [3.05, 3.63) is 17.5 Å². The number of aromatic nitrogens is 2. The van der Waals surface area contributed by atoms with E-state index in [1.807, 2.05) is 0 Å². The lowest BCUT2D eigenvalue weighted by Crippen LogP contribution is -2.47. The van der Waals surface area contributed by atoms with Crippen molar-refractivity contribution in [2.75, 3.05) is 0 Å². The summed E-state index contributed by atoms with van der Waals surface area (Å²) in [5.74, 6) is -0.899. The zero-order valence-electron chi connectivity index (χ0n) is 11.1. The fourth-order valence-corrected chi connectivity index (χ4v) is 3.58. The molecule has 3 heterocycles. The van der Waals surface area contributed by atoms with Crippen LogP contribution in [0.5, 0.6) is 0 Å². The Morgan fingerprint density at radius 1 is 1.47 bits per heavy atom. The number of fused-ring (bicyclic) bond motifs is 2. The summed E-state index contributed by atoms with van der Waals surface area (Å²) in [4.78, 5) is 13.6. The van der Waals surface area contributed by atoms with Gasteiger partial charge in [0.15, 0.2) is 0 Å². The number of carboxylic acid groups (broad SMARTS) is 1. The van der Waals surface area contributed by atoms with Crippen LogP contribution in [0.3, 0.4) is 0 Å². The molecule has 0 spiro atoms. The molecule has 2 unspecified atom stereocenters. The molecule has 0 radical (unpaired) electrons. The Morgan fingerprint density at radius 2 is 2.11 bits per heavy atom. The van der Waals surface area contributed by atoms with E-state index in [1.165, 1.54) is 19.0 Å². The van der Waals surface area contributed by atoms with Gasteiger partial charge in [0.25, 0.3) is 0 Å². The van der Waals surface area contributed by atoms with Crippen molar-refractivity contribution in [3.8, 4) is 0 Å². The van der Waals surface area contributed by atoms with Gasteiger partial charge in [-0.05, 0) is 25.7 Å². The lowest BCUT2D eigenvalue weighted by Gasteiger charge is -2.37. The molecule has 104 valence electrons. The minimum atomic E-state index is -0.899. The quantitative estimate of drug-likeness (QED) is 0.834. The topological polar surface area (TPSA) is 84.4 Å². The number of aromatic carboxylic acids is 1. The molecule has 2 aliphatic rings. The van der Waals surface area contributed by atoms with Gasteiger partial charge in [0.1, 0.15) is 5.56 Å². The lowest BCUT2D eigenvalue weighted by molar-refractivity contribution is 0.0689. The zero-order valence-corrected chi connectivity index (χ0v) is 11.1. The van der Waals surface area contributed by atoms with E-state index >= 15 is 0 Å². The highest BCUT2D eigenvalue weighted by molar-refractivity contribution is 5.88. The number of piperidine rings is 1. The summed E-state index contributed by atoms with van der Waals surface area (Å²) in [5.41, 5.74) is 7.17. The van der Waals surface area contributed by atoms with E-state index in [9.17, 15) is 9.90 Å². The van der Waals surface area contributed by atoms with Gasteiger partial charge in [-0.1, -0.05) is 0 Å². The Morgan fingerprint density at radius 3 is 2.68 bits per heavy atom. The van der Waals surface area contributed by atoms with Gasteiger partial charge in [0.2, 0.25) is 0 Å². The Kier molecular flexibility index (Phi) is 3.06. The maximum absolute atomic E-state index is 11.2. The monoisotopic (exact) mass is 264 g/mol. The molecule has 6 nitrogen and oxygen atoms in total. The average Bonchev–Trinajstić information content (AvgIpc) is 2.80. The number of rotatable bonds is 3. The standard InChI is InChI=1S/C13H20N4O2/c1-16-12(11(6-15-16)13(18)19)7-17-9-2-3-10(17)5-8(14)4-9/h6,8-10H,2-5,7,14H2,1H3,(H,18,19). The molecule has 1 aromatic rings. The van der Waals surface area contributed by atoms with E-state index < -0.39 is 5.97 Å². The van der Waals surface area contributed by atoms with Crippen LogP contribution in [-0.4, -0.2) is 43.9 Å². The van der Waals surface area contributed by atoms with Crippen molar-refractivity contribution in [1.82, 2.24) is 14.7 Å². The molecule has 0 saturated carbocycles. The number of hydrogen-bond donors (Lipinski definition) is 2. The Hall–Kier alpha value is -1.40. The summed E-state index contributed by atoms with van der Waals surface area (Å²) in [6.07, 6.45) is 5.85. The van der Waals surface area contributed by atoms with Crippen LogP contribution in [-0.2, 0) is 13.6 Å². The van der Waals surface area contributed by atoms with Gasteiger partial charge >= 0.3 is 5.97 Å². The molecule has 0 aliphatic carbocycles. The third kappa shape index (κ3) is 2.15. The molecular weight excluding hydrogens is 244 g/mol. The number of nitrogens with zero attached hydrogens (tertiary/aromatic N) is 3. The largest absolute Gasteiger partial charge is 0.478 e. The molecule has 2 fully saturated rings. The van der Waals surface area contributed by atoms with E-state index in [0.29, 0.717) is 30.2 Å². The van der Waals surface area contributed by atoms with E-state index in [4.69, 9.17) is 5.73 Å². The van der Waals surface area contributed by atoms with Crippen molar-refractivity contribution in [3.63, 3.8) is 0 Å². The molecule has 1 aromatic heterocycles. The minimum absolute atomic E-state index is 0.305. The van der Waals surface area contributed by atoms with E-state index in [2.05, 4.69) is 10.00 Å². The van der Waals surface area contributed by atoms with Gasteiger partial charge in [-0.3, -0.25) is 9.58 Å². The molecule has 3 rings (SSSR count). The minimum Gasteiger partial charge on any atom is -0.478 e. The summed E-state index contributed by atoms with van der Waals surface area (Å²) >= 11 is 0. The van der Waals surface area contributed by atoms with Crippen molar-refractivity contribution in [1.29, 1.82) is 0 Å². The zero-order chi connectivity index (χ0) is 13.6. The fraction of sp³-hybridized carbons (Fsp3) is 0.692. The van der Waals surface area contributed by atoms with Crippen LogP contribution in [0.25, 0.3) is 0 Å². The summed E-state index contributed by atoms with van der Waals surface area (Å²) in [7, 11) is 1.80. The molecular formula is C13H20N4O2. The third-order valence-corrected chi connectivity index (χ3v) is 4.55. The van der Waals surface area contributed by atoms with Crippen molar-refractivity contribution >= 4 is 5.97 Å². The fourth-order valence-electron chi connectivity index (χ4n) is 3.58. The summed E-state index contributed by atoms with van der Waals surface area (Å²) in [6, 6.07) is 1.31. The molecule has 6 heteroatoms. The normalized spacial score (nSPS) is 30.7. The second-order valence-corrected chi connectivity index (χ2v) is 5.72. The highest BCUT2D eigenvalue weighted by atomic mass is 16.4. The first-order chi connectivity index (χ1) is 9.06. The van der Waals surface area contributed by atoms with Crippen LogP contribution >= 0.6 is 0 Å². The first kappa shape index (κ1) is 12.6. The van der Waals surface area contributed by atoms with E-state index in [0.717, 1.165) is 18.5 Å². The van der Waals surface area contributed by atoms with Crippen molar-refractivity contribution in [2.24, 2.45) is 12.8 Å². The highest BCUT2D eigenvalue weighted by Crippen LogP contribution is 2.36. The van der Waals surface area contributed by atoms with Gasteiger partial charge in [-0.15, -0.1) is 0 Å². The molecule has 3 N–H and O–H groups in total. The number of hydrogen-bond acceptors (Lipinski definition) is 4. The molecule has 2 saturated heterocycles. The first-order valence-electron chi connectivity index (χ1n) is 6.81. The third-order valence-electron chi connectivity index (χ3n) is 4.55. The molecule has 19 heavy (non-hydrogen) atoms. The van der Waals surface area contributed by atoms with Gasteiger partial charge < -0.3 is 10.8 Å². The maximum atomic E-state index is 11.2. The van der Waals surface area contributed by atoms with Crippen molar-refractivity contribution in [2.45, 2.75) is 50.4 Å². The second-order valence-electron chi connectivity index (χ2n) is 5.72. The number of carbonyl (C=O) groups is 1. The van der Waals surface area contributed by atoms with E-state index in [1.54, 1.807) is 11.7 Å². The van der Waals surface area contributed by atoms with Crippen LogP contribution in [0, 0.1) is 0 Å². The van der Waals surface area contributed by atoms with E-state index in [-0.39, 0.29) is 0 Å². The molecule has 2 atom stereocenters. The van der Waals surface area contributed by atoms with Crippen LogP contribution < -0.4 is 5.73 Å². The first-order valence-corrected chi connectivity index (χ1v) is 6.81. The van der Waals surface area contributed by atoms with Crippen LogP contribution in [0.4, 0.5) is 0 Å². The predicted octanol–water partition coefficient (Wildman–Crippen LogP) is 0.572. The molecule has 0 amide bonds. The molecule has 2 bridgehead atoms. The number of nitrogens with two attached hydrogens (primary N) is 1. The highest BCUT2D eigenvalue weighted by Gasteiger charge is 2.40.